The Morgan fingerprint density at radius 3 is 2.56 bits per heavy atom. The first-order chi connectivity index (χ1) is 13.0. The predicted molar refractivity (Wildman–Crippen MR) is 102 cm³/mol. The number of rotatable bonds is 7. The summed E-state index contributed by atoms with van der Waals surface area (Å²) in [5, 5.41) is 0.894. The molecule has 0 fully saturated rings. The number of methoxy groups -OCH3 is 2. The van der Waals surface area contributed by atoms with Crippen LogP contribution in [0.15, 0.2) is 48.5 Å². The van der Waals surface area contributed by atoms with Crippen LogP contribution in [0.4, 0.5) is 0 Å². The molecule has 1 aromatic heterocycles. The standard InChI is InChI=1S/C21H23NO5/c1-14(2)27-17-10-9-16(20(12-17)24-3)13-26-22-18-8-6-5-7-15(18)11-19(22)21(23)25-4/h5-12,14H,13H2,1-4H3. The fourth-order valence-corrected chi connectivity index (χ4v) is 2.84. The molecule has 6 nitrogen and oxygen atoms in total. The molecule has 142 valence electrons. The van der Waals surface area contributed by atoms with Crippen molar-refractivity contribution in [3.05, 3.63) is 59.8 Å². The molecule has 0 spiro atoms. The molecule has 0 amide bonds. The van der Waals surface area contributed by atoms with Crippen LogP contribution in [-0.4, -0.2) is 31.0 Å². The third-order valence-corrected chi connectivity index (χ3v) is 4.04. The van der Waals surface area contributed by atoms with Crippen LogP contribution < -0.4 is 14.3 Å². The molecular weight excluding hydrogens is 346 g/mol. The second-order valence-electron chi connectivity index (χ2n) is 6.29. The van der Waals surface area contributed by atoms with E-state index in [9.17, 15) is 4.79 Å². The normalized spacial score (nSPS) is 10.9. The van der Waals surface area contributed by atoms with Crippen LogP contribution in [0.5, 0.6) is 11.5 Å². The maximum Gasteiger partial charge on any atom is 0.358 e. The smallest absolute Gasteiger partial charge is 0.358 e. The molecule has 3 aromatic rings. The van der Waals surface area contributed by atoms with Crippen molar-refractivity contribution in [3.63, 3.8) is 0 Å². The third-order valence-electron chi connectivity index (χ3n) is 4.04. The average molecular weight is 369 g/mol. The lowest BCUT2D eigenvalue weighted by Crippen LogP contribution is -2.18. The van der Waals surface area contributed by atoms with Gasteiger partial charge in [-0.15, -0.1) is 0 Å². The maximum absolute atomic E-state index is 12.1. The fourth-order valence-electron chi connectivity index (χ4n) is 2.84. The molecule has 0 aliphatic heterocycles. The lowest BCUT2D eigenvalue weighted by molar-refractivity contribution is 0.0502. The molecule has 0 aliphatic rings. The first-order valence-corrected chi connectivity index (χ1v) is 8.69. The van der Waals surface area contributed by atoms with E-state index in [0.717, 1.165) is 22.2 Å². The van der Waals surface area contributed by atoms with Crippen molar-refractivity contribution in [2.45, 2.75) is 26.6 Å². The molecule has 0 aliphatic carbocycles. The van der Waals surface area contributed by atoms with Gasteiger partial charge < -0.3 is 19.0 Å². The van der Waals surface area contributed by atoms with Crippen molar-refractivity contribution < 1.29 is 23.8 Å². The van der Waals surface area contributed by atoms with E-state index < -0.39 is 5.97 Å². The SMILES string of the molecule is COC(=O)c1cc2ccccc2n1OCc1ccc(OC(C)C)cc1OC. The van der Waals surface area contributed by atoms with Gasteiger partial charge in [0.2, 0.25) is 0 Å². The van der Waals surface area contributed by atoms with Gasteiger partial charge in [-0.05, 0) is 38.1 Å². The number of esters is 1. The lowest BCUT2D eigenvalue weighted by Gasteiger charge is -2.15. The summed E-state index contributed by atoms with van der Waals surface area (Å²) in [7, 11) is 2.95. The van der Waals surface area contributed by atoms with E-state index >= 15 is 0 Å². The molecule has 0 atom stereocenters. The van der Waals surface area contributed by atoms with Gasteiger partial charge >= 0.3 is 5.97 Å². The summed E-state index contributed by atoms with van der Waals surface area (Å²) >= 11 is 0. The fraction of sp³-hybridized carbons (Fsp3) is 0.286. The summed E-state index contributed by atoms with van der Waals surface area (Å²) in [6.07, 6.45) is 0.0747. The second kappa shape index (κ2) is 8.03. The Labute approximate surface area is 158 Å². The minimum Gasteiger partial charge on any atom is -0.496 e. The summed E-state index contributed by atoms with van der Waals surface area (Å²) < 4.78 is 17.5. The number of benzene rings is 2. The zero-order chi connectivity index (χ0) is 19.4. The number of para-hydroxylation sites is 1. The number of aromatic nitrogens is 1. The zero-order valence-corrected chi connectivity index (χ0v) is 15.9. The minimum atomic E-state index is -0.459. The van der Waals surface area contributed by atoms with E-state index in [-0.39, 0.29) is 12.7 Å². The van der Waals surface area contributed by atoms with Crippen molar-refractivity contribution in [1.29, 1.82) is 0 Å². The Morgan fingerprint density at radius 2 is 1.85 bits per heavy atom. The second-order valence-corrected chi connectivity index (χ2v) is 6.29. The Hall–Kier alpha value is -3.15. The molecule has 3 rings (SSSR count). The third kappa shape index (κ3) is 4.00. The molecule has 6 heteroatoms. The quantitative estimate of drug-likeness (QED) is 0.592. The molecule has 0 N–H and O–H groups in total. The van der Waals surface area contributed by atoms with E-state index in [0.29, 0.717) is 11.4 Å². The van der Waals surface area contributed by atoms with Gasteiger partial charge in [-0.25, -0.2) is 4.79 Å². The predicted octanol–water partition coefficient (Wildman–Crippen LogP) is 3.85. The highest BCUT2D eigenvalue weighted by molar-refractivity contribution is 5.95. The number of carbonyl (C=O) groups is 1. The molecule has 0 radical (unpaired) electrons. The van der Waals surface area contributed by atoms with Gasteiger partial charge in [0.1, 0.15) is 18.1 Å². The molecular formula is C21H23NO5. The lowest BCUT2D eigenvalue weighted by atomic mass is 10.2. The highest BCUT2D eigenvalue weighted by Gasteiger charge is 2.18. The van der Waals surface area contributed by atoms with E-state index in [1.807, 2.05) is 56.3 Å². The van der Waals surface area contributed by atoms with Gasteiger partial charge in [-0.2, -0.15) is 4.73 Å². The topological polar surface area (TPSA) is 58.9 Å². The molecule has 2 aromatic carbocycles. The Bertz CT molecular complexity index is 945. The van der Waals surface area contributed by atoms with E-state index in [1.165, 1.54) is 11.8 Å². The van der Waals surface area contributed by atoms with Gasteiger partial charge in [-0.1, -0.05) is 18.2 Å². The summed E-state index contributed by atoms with van der Waals surface area (Å²) in [6, 6.07) is 14.9. The number of hydrogen-bond acceptors (Lipinski definition) is 5. The summed E-state index contributed by atoms with van der Waals surface area (Å²) in [6.45, 7) is 4.15. The highest BCUT2D eigenvalue weighted by atomic mass is 16.7. The molecule has 0 saturated carbocycles. The molecule has 0 bridgehead atoms. The highest BCUT2D eigenvalue weighted by Crippen LogP contribution is 2.26. The van der Waals surface area contributed by atoms with E-state index in [2.05, 4.69) is 0 Å². The van der Waals surface area contributed by atoms with Crippen LogP contribution in [0, 0.1) is 0 Å². The van der Waals surface area contributed by atoms with Crippen LogP contribution in [0.1, 0.15) is 29.9 Å². The van der Waals surface area contributed by atoms with Crippen molar-refractivity contribution in [2.75, 3.05) is 14.2 Å². The van der Waals surface area contributed by atoms with Crippen LogP contribution in [0.25, 0.3) is 10.9 Å². The van der Waals surface area contributed by atoms with Gasteiger partial charge in [0.25, 0.3) is 0 Å². The van der Waals surface area contributed by atoms with Gasteiger partial charge in [-0.3, -0.25) is 0 Å². The van der Waals surface area contributed by atoms with Crippen LogP contribution in [0.3, 0.4) is 0 Å². The van der Waals surface area contributed by atoms with Crippen LogP contribution in [0.2, 0.25) is 0 Å². The summed E-state index contributed by atoms with van der Waals surface area (Å²) in [5.41, 5.74) is 1.95. The van der Waals surface area contributed by atoms with E-state index in [4.69, 9.17) is 19.0 Å². The number of fused-ring (bicyclic) bond motifs is 1. The Morgan fingerprint density at radius 1 is 1.07 bits per heavy atom. The first kappa shape index (κ1) is 18.6. The Balaban J connectivity index is 1.89. The monoisotopic (exact) mass is 369 g/mol. The van der Waals surface area contributed by atoms with Crippen molar-refractivity contribution in [3.8, 4) is 11.5 Å². The zero-order valence-electron chi connectivity index (χ0n) is 15.9. The molecule has 0 unspecified atom stereocenters. The molecule has 1 heterocycles. The maximum atomic E-state index is 12.1. The summed E-state index contributed by atoms with van der Waals surface area (Å²) in [4.78, 5) is 18.1. The minimum absolute atomic E-state index is 0.0747. The summed E-state index contributed by atoms with van der Waals surface area (Å²) in [5.74, 6) is 0.926. The number of hydrogen-bond donors (Lipinski definition) is 0. The van der Waals surface area contributed by atoms with Gasteiger partial charge in [0, 0.05) is 17.0 Å². The van der Waals surface area contributed by atoms with Crippen LogP contribution >= 0.6 is 0 Å². The van der Waals surface area contributed by atoms with Gasteiger partial charge in [0.05, 0.1) is 25.8 Å². The van der Waals surface area contributed by atoms with Gasteiger partial charge in [0.15, 0.2) is 5.69 Å². The number of carbonyl (C=O) groups excluding carboxylic acids is 1. The molecule has 0 saturated heterocycles. The van der Waals surface area contributed by atoms with Crippen molar-refractivity contribution in [2.24, 2.45) is 0 Å². The Kier molecular flexibility index (Phi) is 5.54. The number of nitrogens with zero attached hydrogens (tertiary/aromatic N) is 1. The van der Waals surface area contributed by atoms with E-state index in [1.54, 1.807) is 13.2 Å². The van der Waals surface area contributed by atoms with Crippen molar-refractivity contribution in [1.82, 2.24) is 4.73 Å². The van der Waals surface area contributed by atoms with Crippen LogP contribution in [-0.2, 0) is 11.3 Å². The first-order valence-electron chi connectivity index (χ1n) is 8.69. The number of ether oxygens (including phenoxy) is 3. The van der Waals surface area contributed by atoms with Crippen molar-refractivity contribution >= 4 is 16.9 Å². The largest absolute Gasteiger partial charge is 0.496 e. The molecule has 27 heavy (non-hydrogen) atoms. The average Bonchev–Trinajstić information content (AvgIpc) is 3.04.